The standard InChI is InChI=1S/C22H25N5O5S/c1-17-5-6-18(13-21(17)33(29,30)27-8-10-31-11-9-27)22(28)25-19-3-2-4-20(14-19)32-12-7-26-16-23-15-24-26/h2-6,13-16H,7-12H2,1H3,(H,25,28). The Bertz CT molecular complexity index is 1210. The molecule has 0 saturated carbocycles. The van der Waals surface area contributed by atoms with Gasteiger partial charge in [-0.05, 0) is 36.8 Å². The molecule has 0 bridgehead atoms. The summed E-state index contributed by atoms with van der Waals surface area (Å²) in [6.07, 6.45) is 3.06. The summed E-state index contributed by atoms with van der Waals surface area (Å²) in [4.78, 5) is 16.9. The lowest BCUT2D eigenvalue weighted by Gasteiger charge is -2.26. The Balaban J connectivity index is 1.45. The van der Waals surface area contributed by atoms with Gasteiger partial charge in [0, 0.05) is 30.4 Å². The number of morpholine rings is 1. The monoisotopic (exact) mass is 471 g/mol. The Kier molecular flexibility index (Phi) is 7.02. The van der Waals surface area contributed by atoms with Crippen LogP contribution in [-0.2, 0) is 21.3 Å². The Labute approximate surface area is 192 Å². The number of benzene rings is 2. The predicted octanol–water partition coefficient (Wildman–Crippen LogP) is 1.94. The van der Waals surface area contributed by atoms with Gasteiger partial charge in [0.15, 0.2) is 0 Å². The van der Waals surface area contributed by atoms with Gasteiger partial charge in [0.1, 0.15) is 25.0 Å². The summed E-state index contributed by atoms with van der Waals surface area (Å²) in [5.41, 5.74) is 1.38. The minimum absolute atomic E-state index is 0.127. The summed E-state index contributed by atoms with van der Waals surface area (Å²) < 4.78 is 40.2. The summed E-state index contributed by atoms with van der Waals surface area (Å²) >= 11 is 0. The van der Waals surface area contributed by atoms with Crippen LogP contribution in [0.25, 0.3) is 0 Å². The molecule has 174 valence electrons. The van der Waals surface area contributed by atoms with Crippen LogP contribution in [0.1, 0.15) is 15.9 Å². The van der Waals surface area contributed by atoms with Crippen molar-refractivity contribution in [3.8, 4) is 5.75 Å². The maximum atomic E-state index is 13.1. The molecule has 1 aliphatic heterocycles. The molecule has 3 aromatic rings. The molecular formula is C22H25N5O5S. The first-order chi connectivity index (χ1) is 15.9. The molecule has 1 aromatic heterocycles. The third-order valence-electron chi connectivity index (χ3n) is 5.19. The fourth-order valence-electron chi connectivity index (χ4n) is 3.42. The van der Waals surface area contributed by atoms with Crippen LogP contribution in [0.5, 0.6) is 5.75 Å². The third kappa shape index (κ3) is 5.56. The number of ether oxygens (including phenoxy) is 2. The van der Waals surface area contributed by atoms with Gasteiger partial charge in [-0.15, -0.1) is 0 Å². The van der Waals surface area contributed by atoms with E-state index in [-0.39, 0.29) is 10.5 Å². The van der Waals surface area contributed by atoms with Gasteiger partial charge in [-0.1, -0.05) is 12.1 Å². The molecule has 10 nitrogen and oxygen atoms in total. The number of sulfonamides is 1. The molecule has 2 heterocycles. The van der Waals surface area contributed by atoms with E-state index in [1.807, 2.05) is 0 Å². The lowest BCUT2D eigenvalue weighted by molar-refractivity contribution is 0.0730. The molecule has 0 unspecified atom stereocenters. The smallest absolute Gasteiger partial charge is 0.255 e. The van der Waals surface area contributed by atoms with Gasteiger partial charge in [0.2, 0.25) is 10.0 Å². The summed E-state index contributed by atoms with van der Waals surface area (Å²) in [5, 5.41) is 6.82. The first-order valence-corrected chi connectivity index (χ1v) is 11.9. The quantitative estimate of drug-likeness (QED) is 0.534. The SMILES string of the molecule is Cc1ccc(C(=O)Nc2cccc(OCCn3cncn3)c2)cc1S(=O)(=O)N1CCOCC1. The second kappa shape index (κ2) is 10.1. The van der Waals surface area contributed by atoms with Crippen LogP contribution in [-0.4, -0.2) is 66.3 Å². The first-order valence-electron chi connectivity index (χ1n) is 10.5. The van der Waals surface area contributed by atoms with E-state index in [9.17, 15) is 13.2 Å². The van der Waals surface area contributed by atoms with Crippen molar-refractivity contribution in [2.45, 2.75) is 18.4 Å². The zero-order valence-corrected chi connectivity index (χ0v) is 19.0. The molecule has 0 atom stereocenters. The predicted molar refractivity (Wildman–Crippen MR) is 121 cm³/mol. The third-order valence-corrected chi connectivity index (χ3v) is 7.23. The van der Waals surface area contributed by atoms with Crippen LogP contribution >= 0.6 is 0 Å². The summed E-state index contributed by atoms with van der Waals surface area (Å²) in [6, 6.07) is 11.7. The number of aryl methyl sites for hydroxylation is 1. The van der Waals surface area contributed by atoms with E-state index in [1.165, 1.54) is 16.7 Å². The number of aromatic nitrogens is 3. The maximum Gasteiger partial charge on any atom is 0.255 e. The summed E-state index contributed by atoms with van der Waals surface area (Å²) in [7, 11) is -3.72. The zero-order valence-electron chi connectivity index (χ0n) is 18.2. The second-order valence-corrected chi connectivity index (χ2v) is 9.39. The zero-order chi connectivity index (χ0) is 23.3. The van der Waals surface area contributed by atoms with Crippen LogP contribution in [0.2, 0.25) is 0 Å². The van der Waals surface area contributed by atoms with Gasteiger partial charge in [-0.25, -0.2) is 18.1 Å². The number of rotatable bonds is 8. The fraction of sp³-hybridized carbons (Fsp3) is 0.318. The Morgan fingerprint density at radius 1 is 1.18 bits per heavy atom. The van der Waals surface area contributed by atoms with E-state index in [0.29, 0.717) is 56.5 Å². The van der Waals surface area contributed by atoms with Crippen molar-refractivity contribution in [3.05, 3.63) is 66.2 Å². The number of hydrogen-bond acceptors (Lipinski definition) is 7. The summed E-state index contributed by atoms with van der Waals surface area (Å²) in [6.45, 7) is 3.95. The molecule has 33 heavy (non-hydrogen) atoms. The maximum absolute atomic E-state index is 13.1. The fourth-order valence-corrected chi connectivity index (χ4v) is 5.08. The highest BCUT2D eigenvalue weighted by molar-refractivity contribution is 7.89. The van der Waals surface area contributed by atoms with E-state index < -0.39 is 15.9 Å². The number of nitrogens with zero attached hydrogens (tertiary/aromatic N) is 4. The van der Waals surface area contributed by atoms with Crippen molar-refractivity contribution in [2.24, 2.45) is 0 Å². The van der Waals surface area contributed by atoms with Crippen molar-refractivity contribution in [3.63, 3.8) is 0 Å². The highest BCUT2D eigenvalue weighted by atomic mass is 32.2. The van der Waals surface area contributed by atoms with E-state index >= 15 is 0 Å². The molecule has 11 heteroatoms. The molecule has 0 radical (unpaired) electrons. The van der Waals surface area contributed by atoms with Crippen molar-refractivity contribution in [1.82, 2.24) is 19.1 Å². The topological polar surface area (TPSA) is 116 Å². The van der Waals surface area contributed by atoms with E-state index in [0.717, 1.165) is 0 Å². The number of nitrogens with one attached hydrogen (secondary N) is 1. The van der Waals surface area contributed by atoms with Crippen LogP contribution in [0.15, 0.2) is 60.0 Å². The average molecular weight is 472 g/mol. The van der Waals surface area contributed by atoms with Crippen molar-refractivity contribution >= 4 is 21.6 Å². The van der Waals surface area contributed by atoms with Gasteiger partial charge >= 0.3 is 0 Å². The molecule has 1 fully saturated rings. The highest BCUT2D eigenvalue weighted by Crippen LogP contribution is 2.24. The number of anilines is 1. The molecule has 2 aromatic carbocycles. The van der Waals surface area contributed by atoms with Gasteiger partial charge in [-0.3, -0.25) is 4.79 Å². The van der Waals surface area contributed by atoms with E-state index in [1.54, 1.807) is 54.3 Å². The van der Waals surface area contributed by atoms with Crippen LogP contribution in [0.4, 0.5) is 5.69 Å². The molecule has 1 saturated heterocycles. The molecule has 1 aliphatic rings. The molecule has 0 spiro atoms. The van der Waals surface area contributed by atoms with Crippen LogP contribution in [0, 0.1) is 6.92 Å². The van der Waals surface area contributed by atoms with Gasteiger partial charge in [0.05, 0.1) is 24.7 Å². The van der Waals surface area contributed by atoms with E-state index in [4.69, 9.17) is 9.47 Å². The number of carbonyl (C=O) groups excluding carboxylic acids is 1. The molecular weight excluding hydrogens is 446 g/mol. The van der Waals surface area contributed by atoms with Crippen LogP contribution < -0.4 is 10.1 Å². The minimum atomic E-state index is -3.72. The average Bonchev–Trinajstić information content (AvgIpc) is 3.33. The Morgan fingerprint density at radius 3 is 2.76 bits per heavy atom. The first kappa shape index (κ1) is 22.9. The van der Waals surface area contributed by atoms with Crippen molar-refractivity contribution < 1.29 is 22.7 Å². The largest absolute Gasteiger partial charge is 0.492 e. The molecule has 0 aliphatic carbocycles. The molecule has 1 amide bonds. The van der Waals surface area contributed by atoms with Crippen molar-refractivity contribution in [1.29, 1.82) is 0 Å². The molecule has 1 N–H and O–H groups in total. The normalized spacial score (nSPS) is 14.7. The van der Waals surface area contributed by atoms with Gasteiger partial charge in [-0.2, -0.15) is 9.40 Å². The van der Waals surface area contributed by atoms with Crippen molar-refractivity contribution in [2.75, 3.05) is 38.2 Å². The highest BCUT2D eigenvalue weighted by Gasteiger charge is 2.28. The Morgan fingerprint density at radius 2 is 2.00 bits per heavy atom. The lowest BCUT2D eigenvalue weighted by atomic mass is 10.1. The van der Waals surface area contributed by atoms with Gasteiger partial charge in [0.25, 0.3) is 5.91 Å². The second-order valence-electron chi connectivity index (χ2n) is 7.49. The van der Waals surface area contributed by atoms with Crippen LogP contribution in [0.3, 0.4) is 0 Å². The Hall–Kier alpha value is -3.28. The number of amides is 1. The number of carbonyl (C=O) groups is 1. The minimum Gasteiger partial charge on any atom is -0.492 e. The molecule has 4 rings (SSSR count). The lowest BCUT2D eigenvalue weighted by Crippen LogP contribution is -2.40. The van der Waals surface area contributed by atoms with Gasteiger partial charge < -0.3 is 14.8 Å². The van der Waals surface area contributed by atoms with E-state index in [2.05, 4.69) is 15.4 Å². The summed E-state index contributed by atoms with van der Waals surface area (Å²) in [5.74, 6) is 0.181. The number of hydrogen-bond donors (Lipinski definition) is 1.